The highest BCUT2D eigenvalue weighted by Crippen LogP contribution is 2.16. The lowest BCUT2D eigenvalue weighted by molar-refractivity contribution is 0.128. The molecule has 0 aliphatic carbocycles. The molecule has 0 bridgehead atoms. The zero-order valence-corrected chi connectivity index (χ0v) is 8.35. The molecule has 0 fully saturated rings. The first-order chi connectivity index (χ1) is 5.08. The van der Waals surface area contributed by atoms with E-state index in [9.17, 15) is 0 Å². The lowest BCUT2D eigenvalue weighted by Crippen LogP contribution is -2.44. The first-order valence-corrected chi connectivity index (χ1v) is 4.53. The van der Waals surface area contributed by atoms with E-state index in [-0.39, 0.29) is 5.54 Å². The molecule has 68 valence electrons. The summed E-state index contributed by atoms with van der Waals surface area (Å²) in [4.78, 5) is 2.44. The second-order valence-corrected chi connectivity index (χ2v) is 3.52. The fourth-order valence-corrected chi connectivity index (χ4v) is 1.59. The number of nitrogens with zero attached hydrogens (tertiary/aromatic N) is 1. The van der Waals surface area contributed by atoms with Gasteiger partial charge in [-0.05, 0) is 39.9 Å². The first-order valence-electron chi connectivity index (χ1n) is 4.53. The largest absolute Gasteiger partial charge is 0.330 e. The van der Waals surface area contributed by atoms with Gasteiger partial charge in [-0.1, -0.05) is 13.8 Å². The number of nitrogens with two attached hydrogens (primary N) is 1. The van der Waals surface area contributed by atoms with Crippen LogP contribution in [0.3, 0.4) is 0 Å². The Hall–Kier alpha value is -0.0800. The molecule has 0 aromatic rings. The highest BCUT2D eigenvalue weighted by Gasteiger charge is 2.22. The van der Waals surface area contributed by atoms with Crippen molar-refractivity contribution in [2.45, 2.75) is 39.7 Å². The highest BCUT2D eigenvalue weighted by atomic mass is 15.2. The molecule has 0 aliphatic rings. The van der Waals surface area contributed by atoms with E-state index in [1.54, 1.807) is 0 Å². The van der Waals surface area contributed by atoms with Crippen LogP contribution in [0.2, 0.25) is 0 Å². The van der Waals surface area contributed by atoms with Crippen molar-refractivity contribution in [3.63, 3.8) is 0 Å². The van der Waals surface area contributed by atoms with Gasteiger partial charge in [-0.15, -0.1) is 0 Å². The van der Waals surface area contributed by atoms with Crippen LogP contribution in [0.15, 0.2) is 0 Å². The standard InChI is InChI=1S/C9H22N2/c1-5-11(6-2)9(3,4)7-8-10/h5-8,10H2,1-4H3. The van der Waals surface area contributed by atoms with Gasteiger partial charge in [0.1, 0.15) is 0 Å². The molecule has 0 unspecified atom stereocenters. The Morgan fingerprint density at radius 2 is 1.64 bits per heavy atom. The van der Waals surface area contributed by atoms with Crippen molar-refractivity contribution in [3.05, 3.63) is 0 Å². The molecule has 0 saturated heterocycles. The molecule has 2 N–H and O–H groups in total. The fraction of sp³-hybridized carbons (Fsp3) is 1.00. The van der Waals surface area contributed by atoms with Gasteiger partial charge in [0.15, 0.2) is 0 Å². The fourth-order valence-electron chi connectivity index (χ4n) is 1.59. The second-order valence-electron chi connectivity index (χ2n) is 3.52. The Labute approximate surface area is 70.8 Å². The molecule has 0 rings (SSSR count). The minimum absolute atomic E-state index is 0.276. The van der Waals surface area contributed by atoms with E-state index in [0.717, 1.165) is 26.1 Å². The maximum atomic E-state index is 5.54. The monoisotopic (exact) mass is 158 g/mol. The van der Waals surface area contributed by atoms with Gasteiger partial charge in [-0.3, -0.25) is 4.90 Å². The van der Waals surface area contributed by atoms with Crippen LogP contribution in [0, 0.1) is 0 Å². The summed E-state index contributed by atoms with van der Waals surface area (Å²) >= 11 is 0. The third kappa shape index (κ3) is 3.21. The van der Waals surface area contributed by atoms with Crippen LogP contribution in [0.25, 0.3) is 0 Å². The van der Waals surface area contributed by atoms with Crippen molar-refractivity contribution in [3.8, 4) is 0 Å². The van der Waals surface area contributed by atoms with E-state index in [1.165, 1.54) is 0 Å². The van der Waals surface area contributed by atoms with Crippen LogP contribution >= 0.6 is 0 Å². The van der Waals surface area contributed by atoms with Crippen LogP contribution in [0.5, 0.6) is 0 Å². The van der Waals surface area contributed by atoms with Gasteiger partial charge in [0.25, 0.3) is 0 Å². The average Bonchev–Trinajstić information content (AvgIpc) is 1.89. The first kappa shape index (κ1) is 10.9. The number of rotatable bonds is 5. The molecule has 0 aliphatic heterocycles. The maximum absolute atomic E-state index is 5.54. The van der Waals surface area contributed by atoms with E-state index in [1.807, 2.05) is 0 Å². The molecule has 2 nitrogen and oxygen atoms in total. The van der Waals surface area contributed by atoms with Crippen LogP contribution in [-0.2, 0) is 0 Å². The molecule has 0 amide bonds. The summed E-state index contributed by atoms with van der Waals surface area (Å²) in [5.74, 6) is 0. The molecular weight excluding hydrogens is 136 g/mol. The van der Waals surface area contributed by atoms with E-state index < -0.39 is 0 Å². The van der Waals surface area contributed by atoms with Crippen molar-refractivity contribution in [1.29, 1.82) is 0 Å². The molecule has 11 heavy (non-hydrogen) atoms. The zero-order valence-electron chi connectivity index (χ0n) is 8.35. The SMILES string of the molecule is CCN(CC)C(C)(C)CCN. The summed E-state index contributed by atoms with van der Waals surface area (Å²) in [6.45, 7) is 11.9. The van der Waals surface area contributed by atoms with E-state index in [4.69, 9.17) is 5.73 Å². The van der Waals surface area contributed by atoms with Gasteiger partial charge in [-0.2, -0.15) is 0 Å². The average molecular weight is 158 g/mol. The zero-order chi connectivity index (χ0) is 8.91. The minimum Gasteiger partial charge on any atom is -0.330 e. The van der Waals surface area contributed by atoms with Gasteiger partial charge < -0.3 is 5.73 Å². The third-order valence-corrected chi connectivity index (χ3v) is 2.38. The summed E-state index contributed by atoms with van der Waals surface area (Å²) in [6.07, 6.45) is 1.08. The van der Waals surface area contributed by atoms with E-state index in [0.29, 0.717) is 0 Å². The van der Waals surface area contributed by atoms with Crippen molar-refractivity contribution >= 4 is 0 Å². The van der Waals surface area contributed by atoms with Gasteiger partial charge in [0.2, 0.25) is 0 Å². The molecule has 0 heterocycles. The minimum atomic E-state index is 0.276. The Balaban J connectivity index is 4.00. The smallest absolute Gasteiger partial charge is 0.0165 e. The highest BCUT2D eigenvalue weighted by molar-refractivity contribution is 4.79. The van der Waals surface area contributed by atoms with Crippen LogP contribution < -0.4 is 5.73 Å². The summed E-state index contributed by atoms with van der Waals surface area (Å²) in [5, 5.41) is 0. The summed E-state index contributed by atoms with van der Waals surface area (Å²) in [5.41, 5.74) is 5.81. The molecule has 0 atom stereocenters. The lowest BCUT2D eigenvalue weighted by Gasteiger charge is -2.37. The van der Waals surface area contributed by atoms with Gasteiger partial charge in [0, 0.05) is 5.54 Å². The Morgan fingerprint density at radius 1 is 1.18 bits per heavy atom. The summed E-state index contributed by atoms with van der Waals surface area (Å²) < 4.78 is 0. The van der Waals surface area contributed by atoms with Crippen molar-refractivity contribution in [1.82, 2.24) is 4.90 Å². The predicted molar refractivity (Wildman–Crippen MR) is 50.7 cm³/mol. The van der Waals surface area contributed by atoms with Crippen LogP contribution in [0.4, 0.5) is 0 Å². The molecule has 0 aromatic heterocycles. The van der Waals surface area contributed by atoms with Crippen molar-refractivity contribution in [2.24, 2.45) is 5.73 Å². The molecular formula is C9H22N2. The van der Waals surface area contributed by atoms with Gasteiger partial charge in [0.05, 0.1) is 0 Å². The van der Waals surface area contributed by atoms with Gasteiger partial charge >= 0.3 is 0 Å². The lowest BCUT2D eigenvalue weighted by atomic mass is 9.98. The summed E-state index contributed by atoms with van der Waals surface area (Å²) in [6, 6.07) is 0. The third-order valence-electron chi connectivity index (χ3n) is 2.38. The molecule has 0 saturated carbocycles. The molecule has 0 aromatic carbocycles. The maximum Gasteiger partial charge on any atom is 0.0165 e. The van der Waals surface area contributed by atoms with Gasteiger partial charge in [-0.25, -0.2) is 0 Å². The molecule has 0 spiro atoms. The van der Waals surface area contributed by atoms with E-state index in [2.05, 4.69) is 32.6 Å². The second kappa shape index (κ2) is 4.73. The van der Waals surface area contributed by atoms with Crippen LogP contribution in [-0.4, -0.2) is 30.1 Å². The topological polar surface area (TPSA) is 29.3 Å². The quantitative estimate of drug-likeness (QED) is 0.656. The van der Waals surface area contributed by atoms with E-state index >= 15 is 0 Å². The Kier molecular flexibility index (Phi) is 4.69. The van der Waals surface area contributed by atoms with Crippen LogP contribution in [0.1, 0.15) is 34.1 Å². The summed E-state index contributed by atoms with van der Waals surface area (Å²) in [7, 11) is 0. The Morgan fingerprint density at radius 3 is 1.91 bits per heavy atom. The Bertz CT molecular complexity index is 95.7. The molecule has 2 heteroatoms. The normalized spacial score (nSPS) is 12.5. The van der Waals surface area contributed by atoms with Crippen molar-refractivity contribution in [2.75, 3.05) is 19.6 Å². The van der Waals surface area contributed by atoms with Crippen molar-refractivity contribution < 1.29 is 0 Å². The number of hydrogen-bond donors (Lipinski definition) is 1. The predicted octanol–water partition coefficient (Wildman–Crippen LogP) is 1.46. The number of hydrogen-bond acceptors (Lipinski definition) is 2. The molecule has 0 radical (unpaired) electrons.